The zero-order valence-corrected chi connectivity index (χ0v) is 16.9. The molecule has 1 saturated heterocycles. The van der Waals surface area contributed by atoms with Crippen LogP contribution in [0.4, 0.5) is 4.39 Å². The molecule has 1 fully saturated rings. The average molecular weight is 400 g/mol. The van der Waals surface area contributed by atoms with Crippen molar-refractivity contribution in [3.8, 4) is 0 Å². The fourth-order valence-electron chi connectivity index (χ4n) is 5.01. The molecule has 2 aliphatic rings. The van der Waals surface area contributed by atoms with Crippen molar-refractivity contribution in [2.75, 3.05) is 26.2 Å². The second-order valence-corrected chi connectivity index (χ2v) is 8.28. The third-order valence-corrected chi connectivity index (χ3v) is 6.55. The summed E-state index contributed by atoms with van der Waals surface area (Å²) in [6.07, 6.45) is 0.601. The van der Waals surface area contributed by atoms with Crippen LogP contribution in [0, 0.1) is 5.82 Å². The van der Waals surface area contributed by atoms with Crippen molar-refractivity contribution in [2.24, 2.45) is 0 Å². The summed E-state index contributed by atoms with van der Waals surface area (Å²) in [6, 6.07) is 25.2. The first kappa shape index (κ1) is 19.2. The SMILES string of the molecule is O=C1c2cc(F)ccc2CC1(c1ccccc1)N1CCN(Cc2ccccc2)CC1. The van der Waals surface area contributed by atoms with Gasteiger partial charge in [-0.2, -0.15) is 0 Å². The maximum atomic E-state index is 13.9. The van der Waals surface area contributed by atoms with E-state index in [0.717, 1.165) is 43.9 Å². The number of Topliss-reactive ketones (excluding diaryl/α,β-unsaturated/α-hetero) is 1. The number of halogens is 1. The second-order valence-electron chi connectivity index (χ2n) is 8.28. The lowest BCUT2D eigenvalue weighted by Crippen LogP contribution is -2.58. The van der Waals surface area contributed by atoms with Gasteiger partial charge in [0.1, 0.15) is 11.4 Å². The van der Waals surface area contributed by atoms with E-state index in [0.29, 0.717) is 12.0 Å². The van der Waals surface area contributed by atoms with E-state index < -0.39 is 5.54 Å². The summed E-state index contributed by atoms with van der Waals surface area (Å²) >= 11 is 0. The Bertz CT molecular complexity index is 1050. The molecule has 3 aromatic carbocycles. The number of piperazine rings is 1. The Morgan fingerprint density at radius 2 is 1.50 bits per heavy atom. The van der Waals surface area contributed by atoms with Crippen molar-refractivity contribution in [3.05, 3.63) is 107 Å². The molecular weight excluding hydrogens is 375 g/mol. The first-order chi connectivity index (χ1) is 14.7. The molecule has 0 amide bonds. The van der Waals surface area contributed by atoms with Gasteiger partial charge in [-0.3, -0.25) is 14.6 Å². The molecule has 4 heteroatoms. The second kappa shape index (κ2) is 7.78. The molecule has 0 aromatic heterocycles. The summed E-state index contributed by atoms with van der Waals surface area (Å²) in [5.74, 6) is -0.321. The molecule has 3 nitrogen and oxygen atoms in total. The van der Waals surface area contributed by atoms with Crippen LogP contribution in [0.5, 0.6) is 0 Å². The maximum Gasteiger partial charge on any atom is 0.188 e. The van der Waals surface area contributed by atoms with Gasteiger partial charge in [-0.25, -0.2) is 4.39 Å². The molecule has 0 saturated carbocycles. The van der Waals surface area contributed by atoms with Crippen LogP contribution in [0.3, 0.4) is 0 Å². The van der Waals surface area contributed by atoms with E-state index in [1.807, 2.05) is 36.4 Å². The Balaban J connectivity index is 1.43. The summed E-state index contributed by atoms with van der Waals surface area (Å²) < 4.78 is 13.9. The van der Waals surface area contributed by atoms with E-state index in [9.17, 15) is 9.18 Å². The molecule has 1 unspecified atom stereocenters. The molecule has 0 radical (unpaired) electrons. The Morgan fingerprint density at radius 1 is 0.833 bits per heavy atom. The standard InChI is InChI=1S/C26H25FN2O/c27-23-12-11-21-18-26(25(30)24(21)17-23,22-9-5-2-6-10-22)29-15-13-28(14-16-29)19-20-7-3-1-4-8-20/h1-12,17H,13-16,18-19H2. The molecule has 1 aliphatic carbocycles. The van der Waals surface area contributed by atoms with Gasteiger partial charge in [0, 0.05) is 44.7 Å². The van der Waals surface area contributed by atoms with Crippen LogP contribution in [0.1, 0.15) is 27.0 Å². The number of hydrogen-bond acceptors (Lipinski definition) is 3. The monoisotopic (exact) mass is 400 g/mol. The largest absolute Gasteiger partial charge is 0.297 e. The van der Waals surface area contributed by atoms with E-state index in [4.69, 9.17) is 0 Å². The van der Waals surface area contributed by atoms with Crippen molar-refractivity contribution < 1.29 is 9.18 Å². The van der Waals surface area contributed by atoms with Crippen LogP contribution >= 0.6 is 0 Å². The highest BCUT2D eigenvalue weighted by atomic mass is 19.1. The highest BCUT2D eigenvalue weighted by Crippen LogP contribution is 2.43. The quantitative estimate of drug-likeness (QED) is 0.653. The molecule has 0 N–H and O–H groups in total. The van der Waals surface area contributed by atoms with Gasteiger partial charge in [0.25, 0.3) is 0 Å². The molecule has 1 aliphatic heterocycles. The summed E-state index contributed by atoms with van der Waals surface area (Å²) in [5, 5.41) is 0. The highest BCUT2D eigenvalue weighted by Gasteiger charge is 2.51. The van der Waals surface area contributed by atoms with Crippen LogP contribution in [-0.4, -0.2) is 41.8 Å². The summed E-state index contributed by atoms with van der Waals surface area (Å²) in [5.41, 5.74) is 3.05. The fraction of sp³-hybridized carbons (Fsp3) is 0.269. The normalized spacial score (nSPS) is 22.2. The van der Waals surface area contributed by atoms with Gasteiger partial charge >= 0.3 is 0 Å². The van der Waals surface area contributed by atoms with Gasteiger partial charge < -0.3 is 0 Å². The van der Waals surface area contributed by atoms with Gasteiger partial charge in [0.15, 0.2) is 5.78 Å². The summed E-state index contributed by atoms with van der Waals surface area (Å²) in [7, 11) is 0. The highest BCUT2D eigenvalue weighted by molar-refractivity contribution is 6.08. The Morgan fingerprint density at radius 3 is 2.20 bits per heavy atom. The zero-order valence-electron chi connectivity index (χ0n) is 16.9. The smallest absolute Gasteiger partial charge is 0.188 e. The van der Waals surface area contributed by atoms with E-state index in [1.54, 1.807) is 6.07 Å². The number of ketones is 1. The zero-order chi connectivity index (χ0) is 20.6. The third-order valence-electron chi connectivity index (χ3n) is 6.55. The van der Waals surface area contributed by atoms with E-state index in [-0.39, 0.29) is 11.6 Å². The molecule has 1 heterocycles. The van der Waals surface area contributed by atoms with Crippen molar-refractivity contribution in [1.82, 2.24) is 9.80 Å². The number of carbonyl (C=O) groups excluding carboxylic acids is 1. The lowest BCUT2D eigenvalue weighted by atomic mass is 9.83. The van der Waals surface area contributed by atoms with Crippen LogP contribution in [-0.2, 0) is 18.5 Å². The topological polar surface area (TPSA) is 23.6 Å². The predicted molar refractivity (Wildman–Crippen MR) is 116 cm³/mol. The molecule has 30 heavy (non-hydrogen) atoms. The van der Waals surface area contributed by atoms with Crippen LogP contribution in [0.25, 0.3) is 0 Å². The van der Waals surface area contributed by atoms with E-state index in [1.165, 1.54) is 17.7 Å². The van der Waals surface area contributed by atoms with Crippen molar-refractivity contribution >= 4 is 5.78 Å². The van der Waals surface area contributed by atoms with Crippen LogP contribution in [0.2, 0.25) is 0 Å². The first-order valence-electron chi connectivity index (χ1n) is 10.6. The van der Waals surface area contributed by atoms with Gasteiger partial charge in [0.05, 0.1) is 0 Å². The number of carbonyl (C=O) groups is 1. The van der Waals surface area contributed by atoms with E-state index >= 15 is 0 Å². The van der Waals surface area contributed by atoms with Gasteiger partial charge in [-0.05, 0) is 28.8 Å². The van der Waals surface area contributed by atoms with Crippen molar-refractivity contribution in [3.63, 3.8) is 0 Å². The van der Waals surface area contributed by atoms with Gasteiger partial charge in [-0.1, -0.05) is 66.7 Å². The minimum Gasteiger partial charge on any atom is -0.297 e. The first-order valence-corrected chi connectivity index (χ1v) is 10.6. The number of fused-ring (bicyclic) bond motifs is 1. The summed E-state index contributed by atoms with van der Waals surface area (Å²) in [4.78, 5) is 18.5. The Kier molecular flexibility index (Phi) is 4.97. The number of hydrogen-bond donors (Lipinski definition) is 0. The Labute approximate surface area is 176 Å². The molecule has 152 valence electrons. The molecule has 3 aromatic rings. The third kappa shape index (κ3) is 3.26. The van der Waals surface area contributed by atoms with Crippen molar-refractivity contribution in [2.45, 2.75) is 18.5 Å². The number of nitrogens with zero attached hydrogens (tertiary/aromatic N) is 2. The molecule has 5 rings (SSSR count). The Hall–Kier alpha value is -2.82. The summed E-state index contributed by atoms with van der Waals surface area (Å²) in [6.45, 7) is 4.35. The lowest BCUT2D eigenvalue weighted by molar-refractivity contribution is 0.0288. The molecule has 0 bridgehead atoms. The van der Waals surface area contributed by atoms with Crippen molar-refractivity contribution in [1.29, 1.82) is 0 Å². The van der Waals surface area contributed by atoms with Crippen LogP contribution < -0.4 is 0 Å². The molecule has 1 atom stereocenters. The maximum absolute atomic E-state index is 13.9. The molecule has 0 spiro atoms. The van der Waals surface area contributed by atoms with Crippen LogP contribution in [0.15, 0.2) is 78.9 Å². The van der Waals surface area contributed by atoms with E-state index in [2.05, 4.69) is 34.1 Å². The average Bonchev–Trinajstić information content (AvgIpc) is 3.08. The molecular formula is C26H25FN2O. The predicted octanol–water partition coefficient (Wildman–Crippen LogP) is 4.28. The number of rotatable bonds is 4. The fourth-order valence-corrected chi connectivity index (χ4v) is 5.01. The van der Waals surface area contributed by atoms with Gasteiger partial charge in [0.2, 0.25) is 0 Å². The minimum absolute atomic E-state index is 0.0275. The van der Waals surface area contributed by atoms with Gasteiger partial charge in [-0.15, -0.1) is 0 Å². The lowest BCUT2D eigenvalue weighted by Gasteiger charge is -2.45. The minimum atomic E-state index is -0.740. The number of benzene rings is 3.